The maximum Gasteiger partial charge on any atom is 0.261 e. The van der Waals surface area contributed by atoms with Crippen molar-refractivity contribution in [2.24, 2.45) is 0 Å². The summed E-state index contributed by atoms with van der Waals surface area (Å²) in [5.41, 5.74) is 0. The van der Waals surface area contributed by atoms with Crippen molar-refractivity contribution >= 4 is 82.8 Å². The molecule has 4 rings (SSSR count). The number of hydrogen-bond acceptors (Lipinski definition) is 6. The van der Waals surface area contributed by atoms with Gasteiger partial charge < -0.3 is 0 Å². The minimum absolute atomic E-state index is 0.0711. The maximum atomic E-state index is 11.8. The maximum absolute atomic E-state index is 11.8. The third-order valence-electron chi connectivity index (χ3n) is 4.41. The molecule has 0 radical (unpaired) electrons. The van der Waals surface area contributed by atoms with Gasteiger partial charge in [-0.1, -0.05) is 45.9 Å². The van der Waals surface area contributed by atoms with E-state index in [1.807, 2.05) is 45.9 Å². The molecule has 2 aromatic rings. The highest BCUT2D eigenvalue weighted by atomic mass is 35.7. The minimum Gasteiger partial charge on any atom is -0.207 e. The third kappa shape index (κ3) is 5.67. The molecule has 0 aliphatic carbocycles. The lowest BCUT2D eigenvalue weighted by Crippen LogP contribution is -1.93. The van der Waals surface area contributed by atoms with E-state index in [4.69, 9.17) is 21.4 Å². The average Bonchev–Trinajstić information content (AvgIpc) is 3.44. The molecule has 0 N–H and O–H groups in total. The van der Waals surface area contributed by atoms with Crippen LogP contribution in [0, 0.1) is 0 Å². The van der Waals surface area contributed by atoms with E-state index in [0.717, 1.165) is 19.6 Å². The second kappa shape index (κ2) is 9.87. The van der Waals surface area contributed by atoms with Crippen LogP contribution in [0.1, 0.15) is 0 Å². The second-order valence-electron chi connectivity index (χ2n) is 6.48. The van der Waals surface area contributed by atoms with Gasteiger partial charge in [-0.05, 0) is 58.0 Å². The highest BCUT2D eigenvalue weighted by Crippen LogP contribution is 2.54. The molecule has 0 aromatic heterocycles. The van der Waals surface area contributed by atoms with Gasteiger partial charge in [0.1, 0.15) is 0 Å². The molecule has 32 heavy (non-hydrogen) atoms. The van der Waals surface area contributed by atoms with E-state index >= 15 is 0 Å². The van der Waals surface area contributed by atoms with Crippen LogP contribution in [-0.4, -0.2) is 16.8 Å². The van der Waals surface area contributed by atoms with Gasteiger partial charge in [-0.25, -0.2) is 16.8 Å². The van der Waals surface area contributed by atoms with Crippen LogP contribution in [-0.2, 0) is 18.1 Å². The number of rotatable bonds is 7. The molecule has 0 saturated heterocycles. The van der Waals surface area contributed by atoms with Crippen molar-refractivity contribution in [3.05, 3.63) is 82.3 Å². The highest BCUT2D eigenvalue weighted by Gasteiger charge is 2.20. The Morgan fingerprint density at radius 2 is 0.938 bits per heavy atom. The molecule has 2 aromatic carbocycles. The predicted molar refractivity (Wildman–Crippen MR) is 142 cm³/mol. The first-order valence-electron chi connectivity index (χ1n) is 8.91. The van der Waals surface area contributed by atoms with Crippen molar-refractivity contribution < 1.29 is 16.8 Å². The summed E-state index contributed by atoms with van der Waals surface area (Å²) < 4.78 is 47.4. The summed E-state index contributed by atoms with van der Waals surface area (Å²) in [6.45, 7) is 0. The normalized spacial score (nSPS) is 17.6. The van der Waals surface area contributed by atoms with Gasteiger partial charge in [-0.2, -0.15) is 21.8 Å². The van der Waals surface area contributed by atoms with Gasteiger partial charge in [0.05, 0.1) is 9.79 Å². The first-order chi connectivity index (χ1) is 15.1. The standard InChI is InChI=1S/C20H16Cl2O4S6/c21-31(23,24)15-5-7-17(19(13-15)29-9-1-2-10-29)27-28-18-8-6-16(32(22,25)26)14-20(18)30-11-3-4-12-30/h1-14,29-30H. The van der Waals surface area contributed by atoms with Crippen LogP contribution in [0.3, 0.4) is 0 Å². The van der Waals surface area contributed by atoms with Gasteiger partial charge in [0, 0.05) is 40.9 Å². The van der Waals surface area contributed by atoms with Crippen molar-refractivity contribution in [2.75, 3.05) is 0 Å². The monoisotopic (exact) mass is 582 g/mol. The first-order valence-corrected chi connectivity index (χ1v) is 18.6. The van der Waals surface area contributed by atoms with E-state index in [1.54, 1.807) is 24.3 Å². The van der Waals surface area contributed by atoms with Crippen molar-refractivity contribution in [1.29, 1.82) is 0 Å². The lowest BCUT2D eigenvalue weighted by atomic mass is 10.4. The van der Waals surface area contributed by atoms with Gasteiger partial charge in [0.15, 0.2) is 0 Å². The molecule has 12 heteroatoms. The molecule has 0 spiro atoms. The molecule has 0 amide bonds. The molecule has 0 bridgehead atoms. The third-order valence-corrected chi connectivity index (χ3v) is 13.7. The van der Waals surface area contributed by atoms with Crippen LogP contribution < -0.4 is 0 Å². The second-order valence-corrected chi connectivity index (χ2v) is 17.6. The summed E-state index contributed by atoms with van der Waals surface area (Å²) in [4.78, 5) is 3.79. The van der Waals surface area contributed by atoms with Crippen molar-refractivity contribution in [1.82, 2.24) is 0 Å². The summed E-state index contributed by atoms with van der Waals surface area (Å²) in [5, 5.41) is 8.19. The zero-order valence-corrected chi connectivity index (χ0v) is 22.6. The average molecular weight is 584 g/mol. The summed E-state index contributed by atoms with van der Waals surface area (Å²) in [7, 11) is 4.91. The number of halogens is 2. The van der Waals surface area contributed by atoms with E-state index in [9.17, 15) is 16.8 Å². The van der Waals surface area contributed by atoms with Crippen LogP contribution in [0.15, 0.2) is 112 Å². The van der Waals surface area contributed by atoms with Crippen LogP contribution in [0.5, 0.6) is 0 Å². The largest absolute Gasteiger partial charge is 0.261 e. The van der Waals surface area contributed by atoms with Gasteiger partial charge in [0.2, 0.25) is 0 Å². The Hall–Kier alpha value is -0.720. The Labute approximate surface area is 209 Å². The van der Waals surface area contributed by atoms with Crippen LogP contribution in [0.2, 0.25) is 0 Å². The summed E-state index contributed by atoms with van der Waals surface area (Å²) in [6.07, 6.45) is 7.78. The molecule has 2 aliphatic rings. The number of allylic oxidation sites excluding steroid dienone is 4. The lowest BCUT2D eigenvalue weighted by Gasteiger charge is -2.19. The van der Waals surface area contributed by atoms with Crippen LogP contribution in [0.4, 0.5) is 0 Å². The molecule has 4 nitrogen and oxygen atoms in total. The molecule has 0 unspecified atom stereocenters. The quantitative estimate of drug-likeness (QED) is 0.205. The highest BCUT2D eigenvalue weighted by molar-refractivity contribution is 8.76. The van der Waals surface area contributed by atoms with Crippen LogP contribution >= 0.6 is 64.7 Å². The zero-order valence-electron chi connectivity index (χ0n) is 16.0. The van der Waals surface area contributed by atoms with E-state index in [-0.39, 0.29) is 9.79 Å². The van der Waals surface area contributed by atoms with Gasteiger partial charge in [0.25, 0.3) is 18.1 Å². The van der Waals surface area contributed by atoms with Crippen molar-refractivity contribution in [3.63, 3.8) is 0 Å². The number of benzene rings is 2. The molecule has 170 valence electrons. The van der Waals surface area contributed by atoms with Gasteiger partial charge in [-0.3, -0.25) is 0 Å². The van der Waals surface area contributed by atoms with Crippen molar-refractivity contribution in [2.45, 2.75) is 29.4 Å². The first kappa shape index (κ1) is 24.4. The Morgan fingerprint density at radius 1 is 0.594 bits per heavy atom. The lowest BCUT2D eigenvalue weighted by molar-refractivity contribution is 0.607. The fourth-order valence-corrected chi connectivity index (χ4v) is 11.3. The fourth-order valence-electron chi connectivity index (χ4n) is 2.92. The smallest absolute Gasteiger partial charge is 0.207 e. The molecule has 0 atom stereocenters. The van der Waals surface area contributed by atoms with E-state index in [1.165, 1.54) is 33.7 Å². The van der Waals surface area contributed by atoms with E-state index in [2.05, 4.69) is 0 Å². The number of hydrogen-bond donors (Lipinski definition) is 2. The summed E-state index contributed by atoms with van der Waals surface area (Å²) in [5.74, 6) is 0. The zero-order chi connectivity index (χ0) is 22.9. The topological polar surface area (TPSA) is 68.3 Å². The Morgan fingerprint density at radius 3 is 1.25 bits per heavy atom. The van der Waals surface area contributed by atoms with Gasteiger partial charge in [-0.15, -0.1) is 0 Å². The molecule has 2 heterocycles. The summed E-state index contributed by atoms with van der Waals surface area (Å²) in [6, 6.07) is 9.81. The van der Waals surface area contributed by atoms with Gasteiger partial charge >= 0.3 is 0 Å². The summed E-state index contributed by atoms with van der Waals surface area (Å²) >= 11 is 0. The van der Waals surface area contributed by atoms with E-state index in [0.29, 0.717) is 0 Å². The Balaban J connectivity index is 1.69. The predicted octanol–water partition coefficient (Wildman–Crippen LogP) is 7.14. The molecular formula is C20H16Cl2O4S6. The van der Waals surface area contributed by atoms with Crippen molar-refractivity contribution in [3.8, 4) is 0 Å². The molecular weight excluding hydrogens is 568 g/mol. The van der Waals surface area contributed by atoms with E-state index < -0.39 is 39.9 Å². The molecule has 0 fully saturated rings. The molecule has 0 saturated carbocycles. The Bertz CT molecular complexity index is 1260. The van der Waals surface area contributed by atoms with Crippen LogP contribution in [0.25, 0.3) is 0 Å². The fraction of sp³-hybridized carbons (Fsp3) is 0. The SMILES string of the molecule is O=S(=O)(Cl)c1ccc(SSc2ccc(S(=O)(=O)Cl)cc2[SH]2C=CC=C2)c([SH]2C=CC=C2)c1. The number of thiol groups is 2. The molecule has 2 aliphatic heterocycles. The minimum atomic E-state index is -3.84. The Kier molecular flexibility index (Phi) is 7.53.